The quantitative estimate of drug-likeness (QED) is 0.884. The highest BCUT2D eigenvalue weighted by molar-refractivity contribution is 5.70. The van der Waals surface area contributed by atoms with Crippen molar-refractivity contribution in [2.75, 3.05) is 43.1 Å². The number of hydrogen-bond donors (Lipinski definition) is 1. The van der Waals surface area contributed by atoms with Crippen molar-refractivity contribution < 1.29 is 4.74 Å². The average Bonchev–Trinajstić information content (AvgIpc) is 3.10. The summed E-state index contributed by atoms with van der Waals surface area (Å²) in [5.41, 5.74) is 2.65. The van der Waals surface area contributed by atoms with Crippen molar-refractivity contribution in [1.29, 1.82) is 0 Å². The summed E-state index contributed by atoms with van der Waals surface area (Å²) in [5, 5.41) is 3.61. The Morgan fingerprint density at radius 1 is 1.22 bits per heavy atom. The number of para-hydroxylation sites is 2. The van der Waals surface area contributed by atoms with Gasteiger partial charge in [0, 0.05) is 32.2 Å². The van der Waals surface area contributed by atoms with Gasteiger partial charge in [-0.25, -0.2) is 0 Å². The molecule has 0 spiro atoms. The summed E-state index contributed by atoms with van der Waals surface area (Å²) in [6, 6.07) is 8.69. The molecular weight excluding hydrogens is 224 g/mol. The minimum atomic E-state index is 0.677. The van der Waals surface area contributed by atoms with E-state index in [0.717, 1.165) is 19.8 Å². The first kappa shape index (κ1) is 11.8. The molecule has 1 aromatic rings. The van der Waals surface area contributed by atoms with Crippen LogP contribution < -0.4 is 10.2 Å². The van der Waals surface area contributed by atoms with E-state index in [1.54, 1.807) is 0 Å². The molecule has 2 saturated heterocycles. The third-order valence-electron chi connectivity index (χ3n) is 3.96. The molecule has 0 amide bonds. The number of nitrogens with zero attached hydrogens (tertiary/aromatic N) is 1. The SMILES string of the molecule is c1ccc(N2CCCC2)c(NCC2CCOC2)c1. The highest BCUT2D eigenvalue weighted by Crippen LogP contribution is 2.29. The Balaban J connectivity index is 1.66. The molecule has 0 aromatic heterocycles. The topological polar surface area (TPSA) is 24.5 Å². The van der Waals surface area contributed by atoms with Gasteiger partial charge in [0.15, 0.2) is 0 Å². The molecule has 2 fully saturated rings. The van der Waals surface area contributed by atoms with Gasteiger partial charge < -0.3 is 15.0 Å². The molecule has 0 bridgehead atoms. The summed E-state index contributed by atoms with van der Waals surface area (Å²) < 4.78 is 5.43. The summed E-state index contributed by atoms with van der Waals surface area (Å²) in [4.78, 5) is 2.49. The van der Waals surface area contributed by atoms with Crippen molar-refractivity contribution in [1.82, 2.24) is 0 Å². The van der Waals surface area contributed by atoms with E-state index >= 15 is 0 Å². The Labute approximate surface area is 109 Å². The molecule has 3 rings (SSSR count). The first-order valence-corrected chi connectivity index (χ1v) is 7.09. The van der Waals surface area contributed by atoms with Gasteiger partial charge in [0.1, 0.15) is 0 Å². The summed E-state index contributed by atoms with van der Waals surface area (Å²) in [6.45, 7) is 5.28. The molecule has 0 aliphatic carbocycles. The van der Waals surface area contributed by atoms with Crippen molar-refractivity contribution in [3.8, 4) is 0 Å². The number of hydrogen-bond acceptors (Lipinski definition) is 3. The fraction of sp³-hybridized carbons (Fsp3) is 0.600. The highest BCUT2D eigenvalue weighted by Gasteiger charge is 2.18. The first-order chi connectivity index (χ1) is 8.93. The molecule has 2 aliphatic heterocycles. The van der Waals surface area contributed by atoms with Crippen LogP contribution in [0.15, 0.2) is 24.3 Å². The van der Waals surface area contributed by atoms with E-state index in [4.69, 9.17) is 4.74 Å². The first-order valence-electron chi connectivity index (χ1n) is 7.09. The number of ether oxygens (including phenoxy) is 1. The van der Waals surface area contributed by atoms with Gasteiger partial charge in [0.05, 0.1) is 18.0 Å². The van der Waals surface area contributed by atoms with Gasteiger partial charge in [-0.15, -0.1) is 0 Å². The molecular formula is C15H22N2O. The summed E-state index contributed by atoms with van der Waals surface area (Å²) in [6.07, 6.45) is 3.84. The minimum Gasteiger partial charge on any atom is -0.383 e. The molecule has 3 heteroatoms. The zero-order valence-electron chi connectivity index (χ0n) is 10.9. The van der Waals surface area contributed by atoms with E-state index in [1.807, 2.05) is 0 Å². The fourth-order valence-electron chi connectivity index (χ4n) is 2.86. The van der Waals surface area contributed by atoms with Gasteiger partial charge in [-0.2, -0.15) is 0 Å². The maximum Gasteiger partial charge on any atom is 0.0602 e. The van der Waals surface area contributed by atoms with Crippen molar-refractivity contribution in [2.24, 2.45) is 5.92 Å². The van der Waals surface area contributed by atoms with Crippen molar-refractivity contribution >= 4 is 11.4 Å². The zero-order chi connectivity index (χ0) is 12.2. The molecule has 2 heterocycles. The molecule has 1 aromatic carbocycles. The Bertz CT molecular complexity index is 382. The largest absolute Gasteiger partial charge is 0.383 e. The van der Waals surface area contributed by atoms with Crippen LogP contribution in [0.5, 0.6) is 0 Å². The smallest absolute Gasteiger partial charge is 0.0602 e. The van der Waals surface area contributed by atoms with E-state index in [2.05, 4.69) is 34.5 Å². The Kier molecular flexibility index (Phi) is 3.69. The summed E-state index contributed by atoms with van der Waals surface area (Å²) in [5.74, 6) is 0.677. The molecule has 0 radical (unpaired) electrons. The fourth-order valence-corrected chi connectivity index (χ4v) is 2.86. The Hall–Kier alpha value is -1.22. The van der Waals surface area contributed by atoms with E-state index < -0.39 is 0 Å². The highest BCUT2D eigenvalue weighted by atomic mass is 16.5. The van der Waals surface area contributed by atoms with Crippen LogP contribution in [0.25, 0.3) is 0 Å². The monoisotopic (exact) mass is 246 g/mol. The molecule has 1 atom stereocenters. The molecule has 1 unspecified atom stereocenters. The van der Waals surface area contributed by atoms with Gasteiger partial charge in [0.25, 0.3) is 0 Å². The predicted octanol–water partition coefficient (Wildman–Crippen LogP) is 2.74. The molecule has 3 nitrogen and oxygen atoms in total. The lowest BCUT2D eigenvalue weighted by Crippen LogP contribution is -2.21. The van der Waals surface area contributed by atoms with Crippen LogP contribution in [0.4, 0.5) is 11.4 Å². The van der Waals surface area contributed by atoms with Gasteiger partial charge in [-0.3, -0.25) is 0 Å². The summed E-state index contributed by atoms with van der Waals surface area (Å²) in [7, 11) is 0. The van der Waals surface area contributed by atoms with Gasteiger partial charge in [0.2, 0.25) is 0 Å². The van der Waals surface area contributed by atoms with E-state index in [-0.39, 0.29) is 0 Å². The summed E-state index contributed by atoms with van der Waals surface area (Å²) >= 11 is 0. The van der Waals surface area contributed by atoms with Crippen molar-refractivity contribution in [3.05, 3.63) is 24.3 Å². The van der Waals surface area contributed by atoms with Gasteiger partial charge in [-0.1, -0.05) is 12.1 Å². The lowest BCUT2D eigenvalue weighted by Gasteiger charge is -2.22. The molecule has 2 aliphatic rings. The minimum absolute atomic E-state index is 0.677. The lowest BCUT2D eigenvalue weighted by molar-refractivity contribution is 0.187. The third kappa shape index (κ3) is 2.61. The predicted molar refractivity (Wildman–Crippen MR) is 75.3 cm³/mol. The molecule has 0 saturated carbocycles. The van der Waals surface area contributed by atoms with E-state index in [1.165, 1.54) is 43.7 Å². The Morgan fingerprint density at radius 2 is 2.06 bits per heavy atom. The van der Waals surface area contributed by atoms with Crippen molar-refractivity contribution in [2.45, 2.75) is 19.3 Å². The van der Waals surface area contributed by atoms with Crippen LogP contribution in [-0.2, 0) is 4.74 Å². The average molecular weight is 246 g/mol. The zero-order valence-corrected chi connectivity index (χ0v) is 10.9. The van der Waals surface area contributed by atoms with Crippen LogP contribution in [-0.4, -0.2) is 32.8 Å². The second-order valence-electron chi connectivity index (χ2n) is 5.32. The number of rotatable bonds is 4. The van der Waals surface area contributed by atoms with Crippen LogP contribution in [0.3, 0.4) is 0 Å². The van der Waals surface area contributed by atoms with Crippen LogP contribution in [0.2, 0.25) is 0 Å². The van der Waals surface area contributed by atoms with Gasteiger partial charge in [-0.05, 0) is 31.4 Å². The second kappa shape index (κ2) is 5.61. The molecule has 1 N–H and O–H groups in total. The molecule has 98 valence electrons. The number of anilines is 2. The number of nitrogens with one attached hydrogen (secondary N) is 1. The van der Waals surface area contributed by atoms with Crippen LogP contribution in [0.1, 0.15) is 19.3 Å². The van der Waals surface area contributed by atoms with E-state index in [9.17, 15) is 0 Å². The number of benzene rings is 1. The van der Waals surface area contributed by atoms with Crippen molar-refractivity contribution in [3.63, 3.8) is 0 Å². The van der Waals surface area contributed by atoms with Gasteiger partial charge >= 0.3 is 0 Å². The second-order valence-corrected chi connectivity index (χ2v) is 5.32. The molecule has 18 heavy (non-hydrogen) atoms. The maximum atomic E-state index is 5.43. The lowest BCUT2D eigenvalue weighted by atomic mass is 10.1. The normalized spacial score (nSPS) is 23.6. The van der Waals surface area contributed by atoms with Crippen LogP contribution in [0, 0.1) is 5.92 Å². The standard InChI is InChI=1S/C15H22N2O/c1-2-6-15(17-8-3-4-9-17)14(5-1)16-11-13-7-10-18-12-13/h1-2,5-6,13,16H,3-4,7-12H2. The van der Waals surface area contributed by atoms with E-state index in [0.29, 0.717) is 5.92 Å². The maximum absolute atomic E-state index is 5.43. The third-order valence-corrected chi connectivity index (χ3v) is 3.96. The van der Waals surface area contributed by atoms with Crippen LogP contribution >= 0.6 is 0 Å². The Morgan fingerprint density at radius 3 is 2.83 bits per heavy atom.